The van der Waals surface area contributed by atoms with Gasteiger partial charge in [0.1, 0.15) is 48.6 Å². The summed E-state index contributed by atoms with van der Waals surface area (Å²) in [5.74, 6) is 1.62. The monoisotopic (exact) mass is 881 g/mol. The lowest BCUT2D eigenvalue weighted by Crippen LogP contribution is -2.65. The van der Waals surface area contributed by atoms with Crippen LogP contribution in [0.2, 0.25) is 0 Å². The molecule has 0 aliphatic carbocycles. The number of hydrogen-bond donors (Lipinski definition) is 1. The SMILES string of the molecule is CC(C)CC(C)CCOc1cc(OCCC(C)(C)CC(C)(C)C)cc(C(=O)OCC2OC(C(C)(C)O)C(OCc3ccccc3)C(OCc3ccccc3)C2OCc2ccccc2)c1. The molecule has 5 rings (SSSR count). The van der Waals surface area contributed by atoms with Crippen LogP contribution in [0, 0.1) is 22.7 Å². The van der Waals surface area contributed by atoms with Gasteiger partial charge in [0.2, 0.25) is 0 Å². The quantitative estimate of drug-likeness (QED) is 0.0689. The molecule has 1 heterocycles. The van der Waals surface area contributed by atoms with E-state index in [4.69, 9.17) is 33.2 Å². The lowest BCUT2D eigenvalue weighted by atomic mass is 9.74. The predicted octanol–water partition coefficient (Wildman–Crippen LogP) is 11.8. The molecule has 1 fully saturated rings. The van der Waals surface area contributed by atoms with Gasteiger partial charge in [-0.3, -0.25) is 0 Å². The second-order valence-electron chi connectivity index (χ2n) is 20.7. The first-order valence-corrected chi connectivity index (χ1v) is 23.3. The van der Waals surface area contributed by atoms with Crippen molar-refractivity contribution in [3.05, 3.63) is 131 Å². The molecule has 4 aromatic rings. The molecule has 0 saturated carbocycles. The van der Waals surface area contributed by atoms with E-state index < -0.39 is 42.1 Å². The highest BCUT2D eigenvalue weighted by atomic mass is 16.6. The summed E-state index contributed by atoms with van der Waals surface area (Å²) in [6, 6.07) is 34.9. The van der Waals surface area contributed by atoms with Crippen LogP contribution in [-0.2, 0) is 43.5 Å². The molecule has 0 aromatic heterocycles. The molecule has 0 spiro atoms. The molecule has 6 unspecified atom stereocenters. The smallest absolute Gasteiger partial charge is 0.338 e. The molecule has 4 aromatic carbocycles. The molecule has 0 radical (unpaired) electrons. The number of esters is 1. The highest BCUT2D eigenvalue weighted by molar-refractivity contribution is 5.90. The summed E-state index contributed by atoms with van der Waals surface area (Å²) in [6.45, 7) is 23.0. The van der Waals surface area contributed by atoms with Crippen molar-refractivity contribution in [2.45, 2.75) is 151 Å². The van der Waals surface area contributed by atoms with Gasteiger partial charge in [-0.15, -0.1) is 0 Å². The van der Waals surface area contributed by atoms with Crippen LogP contribution in [0.25, 0.3) is 0 Å². The third-order valence-corrected chi connectivity index (χ3v) is 11.5. The van der Waals surface area contributed by atoms with Crippen molar-refractivity contribution in [3.63, 3.8) is 0 Å². The number of carbonyl (C=O) groups excluding carboxylic acids is 1. The van der Waals surface area contributed by atoms with E-state index in [0.29, 0.717) is 42.1 Å². The second-order valence-corrected chi connectivity index (χ2v) is 20.7. The van der Waals surface area contributed by atoms with Crippen LogP contribution in [0.3, 0.4) is 0 Å². The van der Waals surface area contributed by atoms with E-state index in [9.17, 15) is 9.90 Å². The molecule has 9 nitrogen and oxygen atoms in total. The van der Waals surface area contributed by atoms with Crippen LogP contribution in [0.15, 0.2) is 109 Å². The highest BCUT2D eigenvalue weighted by Gasteiger charge is 2.53. The Labute approximate surface area is 384 Å². The Hall–Kier alpha value is -4.25. The molecule has 6 atom stereocenters. The Morgan fingerprint density at radius 2 is 1.14 bits per heavy atom. The van der Waals surface area contributed by atoms with E-state index in [1.54, 1.807) is 26.0 Å². The Bertz CT molecular complexity index is 1950. The zero-order valence-electron chi connectivity index (χ0n) is 40.2. The standard InChI is InChI=1S/C55H76O9/c1-39(2)30-40(3)26-28-58-45-31-44(32-46(33-45)59-29-27-54(7,8)38-53(4,5)6)52(56)63-37-47-48(60-34-41-20-14-11-15-21-41)49(61-35-42-22-16-12-17-23-42)50(51(64-47)55(9,10)57)62-36-43-24-18-13-19-25-43/h11-25,31-33,39-40,47-51,57H,26-30,34-38H2,1-10H3. The van der Waals surface area contributed by atoms with Crippen LogP contribution in [0.1, 0.15) is 122 Å². The minimum absolute atomic E-state index is 0.0645. The van der Waals surface area contributed by atoms with Crippen LogP contribution in [0.5, 0.6) is 11.5 Å². The summed E-state index contributed by atoms with van der Waals surface area (Å²) >= 11 is 0. The van der Waals surface area contributed by atoms with Gasteiger partial charge in [-0.25, -0.2) is 4.79 Å². The maximum atomic E-state index is 14.2. The Morgan fingerprint density at radius 1 is 0.656 bits per heavy atom. The summed E-state index contributed by atoms with van der Waals surface area (Å²) in [5, 5.41) is 11.7. The van der Waals surface area contributed by atoms with Crippen molar-refractivity contribution >= 4 is 5.97 Å². The number of benzene rings is 4. The van der Waals surface area contributed by atoms with Gasteiger partial charge in [-0.05, 0) is 91.0 Å². The average Bonchev–Trinajstić information content (AvgIpc) is 3.23. The summed E-state index contributed by atoms with van der Waals surface area (Å²) in [4.78, 5) is 14.2. The fraction of sp³-hybridized carbons (Fsp3) is 0.545. The molecule has 1 saturated heterocycles. The van der Waals surface area contributed by atoms with Gasteiger partial charge in [0.05, 0.1) is 44.2 Å². The predicted molar refractivity (Wildman–Crippen MR) is 253 cm³/mol. The third kappa shape index (κ3) is 17.0. The van der Waals surface area contributed by atoms with Gasteiger partial charge in [-0.1, -0.05) is 146 Å². The minimum atomic E-state index is -1.38. The molecule has 0 bridgehead atoms. The van der Waals surface area contributed by atoms with E-state index in [1.165, 1.54) is 0 Å². The van der Waals surface area contributed by atoms with E-state index in [2.05, 4.69) is 55.4 Å². The number of rotatable bonds is 24. The van der Waals surface area contributed by atoms with Crippen molar-refractivity contribution in [1.29, 1.82) is 0 Å². The fourth-order valence-corrected chi connectivity index (χ4v) is 8.86. The maximum Gasteiger partial charge on any atom is 0.338 e. The molecule has 1 N–H and O–H groups in total. The normalized spacial score (nSPS) is 19.9. The van der Waals surface area contributed by atoms with E-state index in [-0.39, 0.29) is 37.3 Å². The number of carbonyl (C=O) groups is 1. The summed E-state index contributed by atoms with van der Waals surface area (Å²) in [5.41, 5.74) is 2.05. The third-order valence-electron chi connectivity index (χ3n) is 11.5. The topological polar surface area (TPSA) is 102 Å². The zero-order chi connectivity index (χ0) is 46.3. The molecule has 0 amide bonds. The summed E-state index contributed by atoms with van der Waals surface area (Å²) in [6.07, 6.45) is -0.102. The van der Waals surface area contributed by atoms with Crippen molar-refractivity contribution in [1.82, 2.24) is 0 Å². The Balaban J connectivity index is 1.42. The molecule has 350 valence electrons. The Morgan fingerprint density at radius 3 is 1.62 bits per heavy atom. The second kappa shape index (κ2) is 23.8. The van der Waals surface area contributed by atoms with Crippen molar-refractivity contribution in [2.24, 2.45) is 22.7 Å². The van der Waals surface area contributed by atoms with Crippen LogP contribution < -0.4 is 9.47 Å². The molecule has 1 aliphatic rings. The first kappa shape index (κ1) is 50.7. The van der Waals surface area contributed by atoms with E-state index in [1.807, 2.05) is 97.1 Å². The zero-order valence-corrected chi connectivity index (χ0v) is 40.2. The highest BCUT2D eigenvalue weighted by Crippen LogP contribution is 2.37. The molecular formula is C55H76O9. The number of ether oxygens (including phenoxy) is 7. The van der Waals surface area contributed by atoms with Crippen molar-refractivity contribution < 1.29 is 43.1 Å². The van der Waals surface area contributed by atoms with E-state index >= 15 is 0 Å². The molecular weight excluding hydrogens is 805 g/mol. The molecule has 9 heteroatoms. The largest absolute Gasteiger partial charge is 0.493 e. The molecule has 64 heavy (non-hydrogen) atoms. The molecule has 1 aliphatic heterocycles. The van der Waals surface area contributed by atoms with Gasteiger partial charge in [0.15, 0.2) is 0 Å². The summed E-state index contributed by atoms with van der Waals surface area (Å²) in [7, 11) is 0. The summed E-state index contributed by atoms with van der Waals surface area (Å²) < 4.78 is 45.8. The van der Waals surface area contributed by atoms with Gasteiger partial charge in [0, 0.05) is 6.07 Å². The van der Waals surface area contributed by atoms with Gasteiger partial charge in [-0.2, -0.15) is 0 Å². The fourth-order valence-electron chi connectivity index (χ4n) is 8.86. The lowest BCUT2D eigenvalue weighted by Gasteiger charge is -2.49. The number of aliphatic hydroxyl groups is 1. The van der Waals surface area contributed by atoms with Gasteiger partial charge >= 0.3 is 5.97 Å². The first-order chi connectivity index (χ1) is 30.3. The Kier molecular flexibility index (Phi) is 18.9. The van der Waals surface area contributed by atoms with Crippen molar-refractivity contribution in [3.8, 4) is 11.5 Å². The number of hydrogen-bond acceptors (Lipinski definition) is 9. The van der Waals surface area contributed by atoms with Crippen LogP contribution >= 0.6 is 0 Å². The average molecular weight is 881 g/mol. The van der Waals surface area contributed by atoms with Crippen molar-refractivity contribution in [2.75, 3.05) is 19.8 Å². The van der Waals surface area contributed by atoms with Crippen LogP contribution in [0.4, 0.5) is 0 Å². The first-order valence-electron chi connectivity index (χ1n) is 23.3. The van der Waals surface area contributed by atoms with E-state index in [0.717, 1.165) is 42.4 Å². The van der Waals surface area contributed by atoms with Crippen LogP contribution in [-0.4, -0.2) is 67.0 Å². The minimum Gasteiger partial charge on any atom is -0.493 e. The van der Waals surface area contributed by atoms with Gasteiger partial charge < -0.3 is 38.3 Å². The van der Waals surface area contributed by atoms with Gasteiger partial charge in [0.25, 0.3) is 0 Å². The lowest BCUT2D eigenvalue weighted by molar-refractivity contribution is -0.295. The maximum absolute atomic E-state index is 14.2.